The maximum absolute atomic E-state index is 13.4. The number of aromatic hydroxyl groups is 1. The number of rotatable bonds is 18. The third kappa shape index (κ3) is 14.0. The van der Waals surface area contributed by atoms with Gasteiger partial charge in [0.2, 0.25) is 17.7 Å². The molecular weight excluding hydrogens is 538 g/mol. The number of aliphatic carboxylic acids is 2. The number of phenols is 1. The normalized spacial score (nSPS) is 13.8. The van der Waals surface area contributed by atoms with Crippen LogP contribution in [0.15, 0.2) is 29.3 Å². The Morgan fingerprint density at radius 2 is 1.41 bits per heavy atom. The molecule has 0 aromatic heterocycles. The standard InChI is InChI=1S/C26H41N7O8/c1-14(2)12-20(25(40)41)33-23(38)18(4-3-11-30-26(28)29)31-24(39)19(13-15-5-7-16(34)8-6-15)32-22(37)17(27)9-10-21(35)36/h5-8,14,17-20,34H,3-4,9-13,27H2,1-2H3,(H,31,39)(H,32,37)(H,33,38)(H,35,36)(H,40,41)(H4,28,29,30). The minimum Gasteiger partial charge on any atom is -0.508 e. The SMILES string of the molecule is CC(C)CC(NC(=O)C(CCCN=C(N)N)NC(=O)C(Cc1ccc(O)cc1)NC(=O)C(N)CCC(=O)O)C(=O)O. The summed E-state index contributed by atoms with van der Waals surface area (Å²) >= 11 is 0. The number of hydrogen-bond donors (Lipinski definition) is 9. The Morgan fingerprint density at radius 1 is 0.854 bits per heavy atom. The van der Waals surface area contributed by atoms with E-state index in [1.165, 1.54) is 24.3 Å². The van der Waals surface area contributed by atoms with Crippen molar-refractivity contribution in [3.63, 3.8) is 0 Å². The van der Waals surface area contributed by atoms with Crippen LogP contribution in [0.1, 0.15) is 51.5 Å². The Labute approximate surface area is 237 Å². The largest absolute Gasteiger partial charge is 0.508 e. The number of carbonyl (C=O) groups excluding carboxylic acids is 3. The number of benzene rings is 1. The number of amides is 3. The molecule has 228 valence electrons. The Hall–Kier alpha value is -4.40. The van der Waals surface area contributed by atoms with Crippen molar-refractivity contribution >= 4 is 35.6 Å². The molecular formula is C26H41N7O8. The van der Waals surface area contributed by atoms with Gasteiger partial charge in [0.05, 0.1) is 6.04 Å². The zero-order valence-corrected chi connectivity index (χ0v) is 23.2. The van der Waals surface area contributed by atoms with E-state index in [1.807, 2.05) is 0 Å². The van der Waals surface area contributed by atoms with Gasteiger partial charge in [0.25, 0.3) is 0 Å². The highest BCUT2D eigenvalue weighted by Gasteiger charge is 2.30. The molecule has 1 aromatic rings. The summed E-state index contributed by atoms with van der Waals surface area (Å²) < 4.78 is 0. The molecule has 4 atom stereocenters. The molecule has 1 rings (SSSR count). The maximum atomic E-state index is 13.4. The summed E-state index contributed by atoms with van der Waals surface area (Å²) in [4.78, 5) is 65.7. The number of carbonyl (C=O) groups is 5. The minimum absolute atomic E-state index is 0.0126. The van der Waals surface area contributed by atoms with Crippen LogP contribution in [-0.4, -0.2) is 81.7 Å². The second-order valence-corrected chi connectivity index (χ2v) is 10.0. The lowest BCUT2D eigenvalue weighted by atomic mass is 10.0. The Kier molecular flexibility index (Phi) is 14.6. The van der Waals surface area contributed by atoms with Gasteiger partial charge in [-0.15, -0.1) is 0 Å². The summed E-state index contributed by atoms with van der Waals surface area (Å²) in [5, 5.41) is 35.5. The van der Waals surface area contributed by atoms with Crippen molar-refractivity contribution < 1.29 is 39.3 Å². The third-order valence-corrected chi connectivity index (χ3v) is 5.92. The van der Waals surface area contributed by atoms with Gasteiger partial charge in [-0.05, 0) is 49.3 Å². The number of carboxylic acids is 2. The zero-order chi connectivity index (χ0) is 31.1. The summed E-state index contributed by atoms with van der Waals surface area (Å²) in [6.45, 7) is 3.74. The van der Waals surface area contributed by atoms with Gasteiger partial charge in [0, 0.05) is 19.4 Å². The van der Waals surface area contributed by atoms with Crippen LogP contribution in [-0.2, 0) is 30.4 Å². The van der Waals surface area contributed by atoms with E-state index in [0.717, 1.165) is 0 Å². The predicted octanol–water partition coefficient (Wildman–Crippen LogP) is -1.23. The first-order valence-electron chi connectivity index (χ1n) is 13.1. The van der Waals surface area contributed by atoms with Crippen LogP contribution in [0, 0.1) is 5.92 Å². The van der Waals surface area contributed by atoms with Gasteiger partial charge in [0.1, 0.15) is 23.9 Å². The molecule has 3 amide bonds. The van der Waals surface area contributed by atoms with Crippen molar-refractivity contribution in [1.82, 2.24) is 16.0 Å². The fourth-order valence-corrected chi connectivity index (χ4v) is 3.78. The molecule has 0 saturated carbocycles. The van der Waals surface area contributed by atoms with Crippen molar-refractivity contribution in [2.24, 2.45) is 28.1 Å². The maximum Gasteiger partial charge on any atom is 0.326 e. The molecule has 41 heavy (non-hydrogen) atoms. The van der Waals surface area contributed by atoms with Crippen LogP contribution < -0.4 is 33.2 Å². The Morgan fingerprint density at radius 3 is 1.95 bits per heavy atom. The molecule has 15 nitrogen and oxygen atoms in total. The molecule has 0 aliphatic rings. The highest BCUT2D eigenvalue weighted by molar-refractivity contribution is 5.94. The number of guanidine groups is 1. The molecule has 0 fully saturated rings. The topological polar surface area (TPSA) is 273 Å². The number of nitrogens with one attached hydrogen (secondary N) is 3. The average Bonchev–Trinajstić information content (AvgIpc) is 2.88. The summed E-state index contributed by atoms with van der Waals surface area (Å²) in [7, 11) is 0. The van der Waals surface area contributed by atoms with Crippen molar-refractivity contribution in [3.8, 4) is 5.75 Å². The van der Waals surface area contributed by atoms with Crippen molar-refractivity contribution in [2.75, 3.05) is 6.54 Å². The Balaban J connectivity index is 3.19. The summed E-state index contributed by atoms with van der Waals surface area (Å²) in [5.41, 5.74) is 17.0. The lowest BCUT2D eigenvalue weighted by Crippen LogP contribution is -2.57. The molecule has 0 saturated heterocycles. The van der Waals surface area contributed by atoms with Crippen LogP contribution in [0.5, 0.6) is 5.75 Å². The minimum atomic E-state index is -1.25. The molecule has 0 radical (unpaired) electrons. The number of carboxylic acid groups (broad SMARTS) is 2. The van der Waals surface area contributed by atoms with Gasteiger partial charge in [0.15, 0.2) is 5.96 Å². The van der Waals surface area contributed by atoms with Crippen molar-refractivity contribution in [2.45, 2.75) is 76.5 Å². The van der Waals surface area contributed by atoms with Crippen LogP contribution in [0.3, 0.4) is 0 Å². The van der Waals surface area contributed by atoms with E-state index in [1.54, 1.807) is 13.8 Å². The lowest BCUT2D eigenvalue weighted by molar-refractivity contribution is -0.143. The highest BCUT2D eigenvalue weighted by Crippen LogP contribution is 2.13. The van der Waals surface area contributed by atoms with E-state index in [-0.39, 0.29) is 62.7 Å². The summed E-state index contributed by atoms with van der Waals surface area (Å²) in [6, 6.07) is 1.000. The van der Waals surface area contributed by atoms with E-state index in [4.69, 9.17) is 22.3 Å². The van der Waals surface area contributed by atoms with E-state index in [9.17, 15) is 34.2 Å². The average molecular weight is 580 g/mol. The molecule has 0 aliphatic heterocycles. The number of nitrogens with two attached hydrogens (primary N) is 3. The smallest absolute Gasteiger partial charge is 0.326 e. The Bertz CT molecular complexity index is 1070. The number of hydrogen-bond acceptors (Lipinski definition) is 8. The first-order chi connectivity index (χ1) is 19.2. The quantitative estimate of drug-likeness (QED) is 0.0564. The van der Waals surface area contributed by atoms with Gasteiger partial charge >= 0.3 is 11.9 Å². The highest BCUT2D eigenvalue weighted by atomic mass is 16.4. The van der Waals surface area contributed by atoms with Gasteiger partial charge < -0.3 is 48.5 Å². The summed E-state index contributed by atoms with van der Waals surface area (Å²) in [5.74, 6) is -4.87. The van der Waals surface area contributed by atoms with Crippen LogP contribution in [0.4, 0.5) is 0 Å². The van der Waals surface area contributed by atoms with E-state index < -0.39 is 53.8 Å². The zero-order valence-electron chi connectivity index (χ0n) is 23.2. The summed E-state index contributed by atoms with van der Waals surface area (Å²) in [6.07, 6.45) is -0.131. The van der Waals surface area contributed by atoms with Gasteiger partial charge in [-0.25, -0.2) is 4.79 Å². The fourth-order valence-electron chi connectivity index (χ4n) is 3.78. The van der Waals surface area contributed by atoms with Gasteiger partial charge in [-0.3, -0.25) is 24.2 Å². The van der Waals surface area contributed by atoms with Crippen molar-refractivity contribution in [3.05, 3.63) is 29.8 Å². The number of aliphatic imine (C=N–C) groups is 1. The first-order valence-corrected chi connectivity index (χ1v) is 13.1. The second-order valence-electron chi connectivity index (χ2n) is 10.0. The monoisotopic (exact) mass is 579 g/mol. The second kappa shape index (κ2) is 17.3. The molecule has 4 unspecified atom stereocenters. The van der Waals surface area contributed by atoms with Gasteiger partial charge in [-0.2, -0.15) is 0 Å². The fraction of sp³-hybridized carbons (Fsp3) is 0.538. The van der Waals surface area contributed by atoms with Crippen LogP contribution in [0.2, 0.25) is 0 Å². The lowest BCUT2D eigenvalue weighted by Gasteiger charge is -2.25. The number of phenolic OH excluding ortho intramolecular Hbond substituents is 1. The predicted molar refractivity (Wildman–Crippen MR) is 149 cm³/mol. The molecule has 0 heterocycles. The van der Waals surface area contributed by atoms with E-state index in [2.05, 4.69) is 20.9 Å². The molecule has 15 heteroatoms. The van der Waals surface area contributed by atoms with Crippen LogP contribution >= 0.6 is 0 Å². The van der Waals surface area contributed by atoms with Crippen LogP contribution in [0.25, 0.3) is 0 Å². The molecule has 1 aromatic carbocycles. The first kappa shape index (κ1) is 34.6. The molecule has 0 bridgehead atoms. The molecule has 0 aliphatic carbocycles. The van der Waals surface area contributed by atoms with E-state index >= 15 is 0 Å². The molecule has 12 N–H and O–H groups in total. The number of nitrogens with zero attached hydrogens (tertiary/aromatic N) is 1. The van der Waals surface area contributed by atoms with Crippen molar-refractivity contribution in [1.29, 1.82) is 0 Å². The van der Waals surface area contributed by atoms with E-state index in [0.29, 0.717) is 5.56 Å². The third-order valence-electron chi connectivity index (χ3n) is 5.92. The van der Waals surface area contributed by atoms with Gasteiger partial charge in [-0.1, -0.05) is 26.0 Å². The molecule has 0 spiro atoms.